The van der Waals surface area contributed by atoms with Gasteiger partial charge >= 0.3 is 5.97 Å². The molecule has 1 aromatic heterocycles. The Bertz CT molecular complexity index is 826. The van der Waals surface area contributed by atoms with Crippen molar-refractivity contribution in [2.75, 3.05) is 6.61 Å². The highest BCUT2D eigenvalue weighted by Gasteiger charge is 2.21. The molecule has 22 heavy (non-hydrogen) atoms. The number of ether oxygens (including phenoxy) is 2. The SMILES string of the molecule is CCOC(=O)c1[nH]c2ccccc2c1Oc1ccccc1F. The van der Waals surface area contributed by atoms with E-state index in [4.69, 9.17) is 9.47 Å². The smallest absolute Gasteiger partial charge is 0.358 e. The highest BCUT2D eigenvalue weighted by molar-refractivity contribution is 6.01. The molecule has 2 aromatic carbocycles. The minimum Gasteiger partial charge on any atom is -0.461 e. The van der Waals surface area contributed by atoms with Gasteiger partial charge in [-0.15, -0.1) is 0 Å². The lowest BCUT2D eigenvalue weighted by molar-refractivity contribution is 0.0517. The van der Waals surface area contributed by atoms with E-state index >= 15 is 0 Å². The summed E-state index contributed by atoms with van der Waals surface area (Å²) in [7, 11) is 0. The molecule has 3 aromatic rings. The van der Waals surface area contributed by atoms with Crippen LogP contribution in [-0.2, 0) is 4.74 Å². The Labute approximate surface area is 126 Å². The van der Waals surface area contributed by atoms with E-state index in [1.54, 1.807) is 25.1 Å². The van der Waals surface area contributed by atoms with Gasteiger partial charge in [-0.2, -0.15) is 0 Å². The second kappa shape index (κ2) is 5.89. The second-order valence-electron chi connectivity index (χ2n) is 4.63. The molecule has 0 fully saturated rings. The number of fused-ring (bicyclic) bond motifs is 1. The number of carbonyl (C=O) groups excluding carboxylic acids is 1. The summed E-state index contributed by atoms with van der Waals surface area (Å²) in [5, 5.41) is 0.689. The minimum atomic E-state index is -0.537. The first-order valence-corrected chi connectivity index (χ1v) is 6.91. The summed E-state index contributed by atoms with van der Waals surface area (Å²) in [5.41, 5.74) is 0.892. The van der Waals surface area contributed by atoms with Gasteiger partial charge in [0.1, 0.15) is 0 Å². The average Bonchev–Trinajstić information content (AvgIpc) is 2.89. The maximum Gasteiger partial charge on any atom is 0.358 e. The molecule has 1 heterocycles. The number of benzene rings is 2. The molecule has 0 saturated heterocycles. The van der Waals surface area contributed by atoms with Crippen molar-refractivity contribution in [1.82, 2.24) is 4.98 Å². The first-order chi connectivity index (χ1) is 10.7. The van der Waals surface area contributed by atoms with Crippen LogP contribution in [-0.4, -0.2) is 17.6 Å². The Hall–Kier alpha value is -2.82. The van der Waals surface area contributed by atoms with Gasteiger partial charge in [-0.25, -0.2) is 9.18 Å². The molecule has 0 aliphatic heterocycles. The number of nitrogens with one attached hydrogen (secondary N) is 1. The number of hydrogen-bond donors (Lipinski definition) is 1. The molecule has 0 unspecified atom stereocenters. The fraction of sp³-hybridized carbons (Fsp3) is 0.118. The molecule has 0 bridgehead atoms. The molecule has 0 radical (unpaired) electrons. The number of esters is 1. The summed E-state index contributed by atoms with van der Waals surface area (Å²) in [4.78, 5) is 15.0. The van der Waals surface area contributed by atoms with Crippen molar-refractivity contribution in [2.24, 2.45) is 0 Å². The number of carbonyl (C=O) groups is 1. The van der Waals surface area contributed by atoms with E-state index in [0.29, 0.717) is 5.39 Å². The number of aromatic nitrogens is 1. The Morgan fingerprint density at radius 2 is 1.86 bits per heavy atom. The zero-order chi connectivity index (χ0) is 15.5. The summed E-state index contributed by atoms with van der Waals surface area (Å²) < 4.78 is 24.5. The molecule has 0 aliphatic rings. The molecular weight excluding hydrogens is 285 g/mol. The summed E-state index contributed by atoms with van der Waals surface area (Å²) in [6.07, 6.45) is 0. The van der Waals surface area contributed by atoms with Crippen molar-refractivity contribution < 1.29 is 18.7 Å². The maximum atomic E-state index is 13.8. The Balaban J connectivity index is 2.11. The number of rotatable bonds is 4. The van der Waals surface area contributed by atoms with Crippen LogP contribution in [0.25, 0.3) is 10.9 Å². The monoisotopic (exact) mass is 299 g/mol. The third kappa shape index (κ3) is 2.53. The Morgan fingerprint density at radius 3 is 2.64 bits per heavy atom. The van der Waals surface area contributed by atoms with Gasteiger partial charge in [0.15, 0.2) is 23.0 Å². The highest BCUT2D eigenvalue weighted by atomic mass is 19.1. The van der Waals surface area contributed by atoms with Gasteiger partial charge in [-0.1, -0.05) is 24.3 Å². The molecule has 0 saturated carbocycles. The van der Waals surface area contributed by atoms with Crippen LogP contribution in [0.1, 0.15) is 17.4 Å². The average molecular weight is 299 g/mol. The lowest BCUT2D eigenvalue weighted by Crippen LogP contribution is -2.06. The summed E-state index contributed by atoms with van der Waals surface area (Å²) in [6.45, 7) is 1.96. The van der Waals surface area contributed by atoms with Crippen molar-refractivity contribution >= 4 is 16.9 Å². The van der Waals surface area contributed by atoms with Gasteiger partial charge in [0, 0.05) is 10.9 Å². The van der Waals surface area contributed by atoms with E-state index < -0.39 is 11.8 Å². The number of aromatic amines is 1. The van der Waals surface area contributed by atoms with Crippen molar-refractivity contribution in [3.05, 3.63) is 60.0 Å². The van der Waals surface area contributed by atoms with Crippen LogP contribution in [0.4, 0.5) is 4.39 Å². The maximum absolute atomic E-state index is 13.8. The lowest BCUT2D eigenvalue weighted by Gasteiger charge is -2.08. The van der Waals surface area contributed by atoms with E-state index in [0.717, 1.165) is 5.52 Å². The van der Waals surface area contributed by atoms with E-state index in [2.05, 4.69) is 4.98 Å². The van der Waals surface area contributed by atoms with Gasteiger partial charge in [0.2, 0.25) is 0 Å². The van der Waals surface area contributed by atoms with Crippen LogP contribution in [0.5, 0.6) is 11.5 Å². The molecule has 1 N–H and O–H groups in total. The van der Waals surface area contributed by atoms with Crippen LogP contribution in [0, 0.1) is 5.82 Å². The third-order valence-corrected chi connectivity index (χ3v) is 3.19. The number of para-hydroxylation sites is 2. The normalized spacial score (nSPS) is 10.6. The van der Waals surface area contributed by atoms with E-state index in [1.165, 1.54) is 12.1 Å². The Morgan fingerprint density at radius 1 is 1.14 bits per heavy atom. The topological polar surface area (TPSA) is 51.3 Å². The van der Waals surface area contributed by atoms with E-state index in [-0.39, 0.29) is 23.8 Å². The third-order valence-electron chi connectivity index (χ3n) is 3.19. The molecule has 0 amide bonds. The molecule has 0 aliphatic carbocycles. The first-order valence-electron chi connectivity index (χ1n) is 6.91. The molecule has 0 atom stereocenters. The Kier molecular flexibility index (Phi) is 3.78. The molecule has 3 rings (SSSR count). The number of hydrogen-bond acceptors (Lipinski definition) is 3. The van der Waals surface area contributed by atoms with Crippen molar-refractivity contribution in [1.29, 1.82) is 0 Å². The fourth-order valence-electron chi connectivity index (χ4n) is 2.21. The summed E-state index contributed by atoms with van der Waals surface area (Å²) >= 11 is 0. The van der Waals surface area contributed by atoms with Crippen molar-refractivity contribution in [3.8, 4) is 11.5 Å². The van der Waals surface area contributed by atoms with E-state index in [1.807, 2.05) is 18.2 Å². The zero-order valence-corrected chi connectivity index (χ0v) is 11.9. The van der Waals surface area contributed by atoms with Gasteiger partial charge in [0.05, 0.1) is 6.61 Å². The number of H-pyrrole nitrogens is 1. The molecule has 4 nitrogen and oxygen atoms in total. The summed E-state index contributed by atoms with van der Waals surface area (Å²) in [6, 6.07) is 13.3. The molecular formula is C17H14FNO3. The largest absolute Gasteiger partial charge is 0.461 e. The van der Waals surface area contributed by atoms with Gasteiger partial charge in [0.25, 0.3) is 0 Å². The molecule has 0 spiro atoms. The minimum absolute atomic E-state index is 0.0535. The highest BCUT2D eigenvalue weighted by Crippen LogP contribution is 2.35. The standard InChI is InChI=1S/C17H14FNO3/c1-2-21-17(20)15-16(11-7-3-5-9-13(11)19-15)22-14-10-6-4-8-12(14)18/h3-10,19H,2H2,1H3. The van der Waals surface area contributed by atoms with Crippen molar-refractivity contribution in [3.63, 3.8) is 0 Å². The van der Waals surface area contributed by atoms with Crippen LogP contribution in [0.2, 0.25) is 0 Å². The van der Waals surface area contributed by atoms with E-state index in [9.17, 15) is 9.18 Å². The summed E-state index contributed by atoms with van der Waals surface area (Å²) in [5.74, 6) is -0.718. The second-order valence-corrected chi connectivity index (χ2v) is 4.63. The van der Waals surface area contributed by atoms with Gasteiger partial charge in [-0.3, -0.25) is 0 Å². The quantitative estimate of drug-likeness (QED) is 0.732. The molecule has 112 valence electrons. The lowest BCUT2D eigenvalue weighted by atomic mass is 10.2. The molecule has 5 heteroatoms. The van der Waals surface area contributed by atoms with Gasteiger partial charge < -0.3 is 14.5 Å². The van der Waals surface area contributed by atoms with Crippen LogP contribution in [0.15, 0.2) is 48.5 Å². The van der Waals surface area contributed by atoms with Crippen molar-refractivity contribution in [2.45, 2.75) is 6.92 Å². The van der Waals surface area contributed by atoms with Gasteiger partial charge in [-0.05, 0) is 31.2 Å². The predicted molar refractivity (Wildman–Crippen MR) is 80.7 cm³/mol. The van der Waals surface area contributed by atoms with Crippen LogP contribution >= 0.6 is 0 Å². The van der Waals surface area contributed by atoms with Crippen LogP contribution in [0.3, 0.4) is 0 Å². The number of halogens is 1. The first kappa shape index (κ1) is 14.1. The predicted octanol–water partition coefficient (Wildman–Crippen LogP) is 4.28. The zero-order valence-electron chi connectivity index (χ0n) is 11.9. The fourth-order valence-corrected chi connectivity index (χ4v) is 2.21. The van der Waals surface area contributed by atoms with Crippen LogP contribution < -0.4 is 4.74 Å².